The van der Waals surface area contributed by atoms with E-state index in [1.807, 2.05) is 39.9 Å². The minimum atomic E-state index is -0.436. The number of likely N-dealkylation sites (tertiary alicyclic amines) is 1. The maximum absolute atomic E-state index is 12.7. The molecule has 2 N–H and O–H groups in total. The number of phenols is 1. The third-order valence-corrected chi connectivity index (χ3v) is 6.17. The number of hydrogen-bond acceptors (Lipinski definition) is 4. The Hall–Kier alpha value is -3.32. The number of piperidine rings is 1. The second-order valence-corrected chi connectivity index (χ2v) is 8.56. The van der Waals surface area contributed by atoms with Gasteiger partial charge in [0.05, 0.1) is 11.2 Å². The first-order chi connectivity index (χ1) is 15.4. The maximum atomic E-state index is 12.7. The lowest BCUT2D eigenvalue weighted by Crippen LogP contribution is -2.39. The van der Waals surface area contributed by atoms with Gasteiger partial charge < -0.3 is 14.6 Å². The summed E-state index contributed by atoms with van der Waals surface area (Å²) in [6.07, 6.45) is 5.59. The fourth-order valence-corrected chi connectivity index (χ4v) is 4.06. The topological polar surface area (TPSA) is 86.9 Å². The highest BCUT2D eigenvalue weighted by Gasteiger charge is 2.20. The molecule has 1 aromatic heterocycles. The summed E-state index contributed by atoms with van der Waals surface area (Å²) in [5.74, 6) is 0.290. The maximum Gasteiger partial charge on any atom is 0.271 e. The molecule has 1 fully saturated rings. The van der Waals surface area contributed by atoms with Crippen molar-refractivity contribution >= 4 is 40.5 Å². The number of fused-ring (bicyclic) bond motifs is 1. The summed E-state index contributed by atoms with van der Waals surface area (Å²) in [6, 6.07) is 11.9. The number of halogens is 1. The van der Waals surface area contributed by atoms with Gasteiger partial charge in [-0.3, -0.25) is 9.59 Å². The molecule has 166 valence electrons. The number of nitrogens with one attached hydrogen (secondary N) is 1. The SMILES string of the molecule is CC1CCN(C(=O)Cn2ccc3c(/C=N/NC(=O)c4ccc(O)c(Cl)c4)cccc32)CC1. The fourth-order valence-electron chi connectivity index (χ4n) is 3.87. The molecule has 2 aromatic carbocycles. The van der Waals surface area contributed by atoms with Gasteiger partial charge in [-0.25, -0.2) is 5.43 Å². The van der Waals surface area contributed by atoms with Gasteiger partial charge in [0.2, 0.25) is 5.91 Å². The predicted octanol–water partition coefficient (Wildman–Crippen LogP) is 4.02. The van der Waals surface area contributed by atoms with Crippen LogP contribution in [0.4, 0.5) is 0 Å². The normalized spacial score (nSPS) is 14.9. The van der Waals surface area contributed by atoms with Crippen molar-refractivity contribution in [3.8, 4) is 5.75 Å². The summed E-state index contributed by atoms with van der Waals surface area (Å²) >= 11 is 5.85. The second-order valence-electron chi connectivity index (χ2n) is 8.15. The summed E-state index contributed by atoms with van der Waals surface area (Å²) < 4.78 is 1.95. The van der Waals surface area contributed by atoms with E-state index in [0.717, 1.165) is 42.4 Å². The van der Waals surface area contributed by atoms with Crippen LogP contribution >= 0.6 is 11.6 Å². The van der Waals surface area contributed by atoms with E-state index < -0.39 is 5.91 Å². The van der Waals surface area contributed by atoms with Gasteiger partial charge in [0.25, 0.3) is 5.91 Å². The lowest BCUT2D eigenvalue weighted by molar-refractivity contribution is -0.133. The molecule has 0 radical (unpaired) electrons. The Morgan fingerprint density at radius 3 is 2.75 bits per heavy atom. The van der Waals surface area contributed by atoms with E-state index in [1.165, 1.54) is 18.2 Å². The van der Waals surface area contributed by atoms with Crippen LogP contribution in [0.5, 0.6) is 5.75 Å². The zero-order valence-electron chi connectivity index (χ0n) is 17.8. The van der Waals surface area contributed by atoms with Gasteiger partial charge in [0, 0.05) is 41.3 Å². The van der Waals surface area contributed by atoms with Crippen LogP contribution in [-0.4, -0.2) is 45.7 Å². The van der Waals surface area contributed by atoms with Crippen LogP contribution in [0.3, 0.4) is 0 Å². The number of phenolic OH excluding ortho intramolecular Hbond substituents is 1. The number of carbonyl (C=O) groups is 2. The average molecular weight is 453 g/mol. The average Bonchev–Trinajstić information content (AvgIpc) is 3.19. The molecule has 0 bridgehead atoms. The molecule has 0 saturated carbocycles. The van der Waals surface area contributed by atoms with Gasteiger partial charge in [0.15, 0.2) is 0 Å². The quantitative estimate of drug-likeness (QED) is 0.452. The zero-order valence-corrected chi connectivity index (χ0v) is 18.5. The van der Waals surface area contributed by atoms with Crippen molar-refractivity contribution in [2.24, 2.45) is 11.0 Å². The van der Waals surface area contributed by atoms with Crippen molar-refractivity contribution in [1.82, 2.24) is 14.9 Å². The third kappa shape index (κ3) is 4.78. The number of benzene rings is 2. The van der Waals surface area contributed by atoms with E-state index in [2.05, 4.69) is 17.5 Å². The van der Waals surface area contributed by atoms with E-state index >= 15 is 0 Å². The summed E-state index contributed by atoms with van der Waals surface area (Å²) in [5.41, 5.74) is 4.52. The van der Waals surface area contributed by atoms with Gasteiger partial charge in [-0.05, 0) is 49.1 Å². The van der Waals surface area contributed by atoms with E-state index in [1.54, 1.807) is 6.21 Å². The molecule has 0 aliphatic carbocycles. The second kappa shape index (κ2) is 9.44. The molecule has 0 unspecified atom stereocenters. The summed E-state index contributed by atoms with van der Waals surface area (Å²) in [7, 11) is 0. The number of carbonyl (C=O) groups excluding carboxylic acids is 2. The van der Waals surface area contributed by atoms with Crippen molar-refractivity contribution in [2.45, 2.75) is 26.3 Å². The highest BCUT2D eigenvalue weighted by molar-refractivity contribution is 6.32. The monoisotopic (exact) mass is 452 g/mol. The molecule has 1 saturated heterocycles. The number of hydrazone groups is 1. The Labute approximate surface area is 191 Å². The minimum Gasteiger partial charge on any atom is -0.506 e. The summed E-state index contributed by atoms with van der Waals surface area (Å²) in [6.45, 7) is 4.18. The molecular formula is C24H25ClN4O3. The van der Waals surface area contributed by atoms with Crippen molar-refractivity contribution in [3.05, 3.63) is 64.8 Å². The highest BCUT2D eigenvalue weighted by Crippen LogP contribution is 2.24. The molecular weight excluding hydrogens is 428 g/mol. The van der Waals surface area contributed by atoms with Crippen molar-refractivity contribution in [3.63, 3.8) is 0 Å². The molecule has 0 spiro atoms. The summed E-state index contributed by atoms with van der Waals surface area (Å²) in [4.78, 5) is 26.9. The zero-order chi connectivity index (χ0) is 22.7. The molecule has 7 nitrogen and oxygen atoms in total. The fraction of sp³-hybridized carbons (Fsp3) is 0.292. The van der Waals surface area contributed by atoms with Crippen molar-refractivity contribution in [2.75, 3.05) is 13.1 Å². The molecule has 4 rings (SSSR count). The lowest BCUT2D eigenvalue weighted by Gasteiger charge is -2.30. The molecule has 1 aliphatic heterocycles. The van der Waals surface area contributed by atoms with Crippen LogP contribution in [0.2, 0.25) is 5.02 Å². The highest BCUT2D eigenvalue weighted by atomic mass is 35.5. The molecule has 0 atom stereocenters. The van der Waals surface area contributed by atoms with Crippen LogP contribution in [-0.2, 0) is 11.3 Å². The number of aromatic hydroxyl groups is 1. The number of nitrogens with zero attached hydrogens (tertiary/aromatic N) is 3. The Bertz CT molecular complexity index is 1180. The van der Waals surface area contributed by atoms with Crippen LogP contribution < -0.4 is 5.43 Å². The number of hydrogen-bond donors (Lipinski definition) is 2. The van der Waals surface area contributed by atoms with E-state index in [9.17, 15) is 14.7 Å². The van der Waals surface area contributed by atoms with Gasteiger partial charge in [-0.1, -0.05) is 30.7 Å². The largest absolute Gasteiger partial charge is 0.506 e. The molecule has 8 heteroatoms. The van der Waals surface area contributed by atoms with Gasteiger partial charge in [0.1, 0.15) is 12.3 Å². The number of rotatable bonds is 5. The van der Waals surface area contributed by atoms with Crippen molar-refractivity contribution in [1.29, 1.82) is 0 Å². The lowest BCUT2D eigenvalue weighted by atomic mass is 9.99. The van der Waals surface area contributed by atoms with Crippen LogP contribution in [0.25, 0.3) is 10.9 Å². The standard InChI is InChI=1S/C24H25ClN4O3/c1-16-7-10-28(11-8-16)23(31)15-29-12-9-19-18(3-2-4-21(19)29)14-26-27-24(32)17-5-6-22(30)20(25)13-17/h2-6,9,12-14,16,30H,7-8,10-11,15H2,1H3,(H,27,32)/b26-14+. The number of aromatic nitrogens is 1. The first-order valence-corrected chi connectivity index (χ1v) is 11.0. The first-order valence-electron chi connectivity index (χ1n) is 10.6. The number of amides is 2. The molecule has 32 heavy (non-hydrogen) atoms. The smallest absolute Gasteiger partial charge is 0.271 e. The van der Waals surface area contributed by atoms with Crippen LogP contribution in [0.15, 0.2) is 53.8 Å². The minimum absolute atomic E-state index is 0.0868. The van der Waals surface area contributed by atoms with Crippen LogP contribution in [0, 0.1) is 5.92 Å². The molecule has 2 amide bonds. The summed E-state index contributed by atoms with van der Waals surface area (Å²) in [5, 5.41) is 14.6. The molecule has 3 aromatic rings. The molecule has 1 aliphatic rings. The van der Waals surface area contributed by atoms with E-state index in [-0.39, 0.29) is 16.7 Å². The first kappa shape index (κ1) is 21.9. The predicted molar refractivity (Wildman–Crippen MR) is 125 cm³/mol. The van der Waals surface area contributed by atoms with Gasteiger partial charge in [-0.15, -0.1) is 0 Å². The van der Waals surface area contributed by atoms with Crippen molar-refractivity contribution < 1.29 is 14.7 Å². The Morgan fingerprint density at radius 1 is 1.22 bits per heavy atom. The van der Waals surface area contributed by atoms with Gasteiger partial charge in [-0.2, -0.15) is 5.10 Å². The Morgan fingerprint density at radius 2 is 2.00 bits per heavy atom. The van der Waals surface area contributed by atoms with E-state index in [4.69, 9.17) is 11.6 Å². The van der Waals surface area contributed by atoms with E-state index in [0.29, 0.717) is 18.0 Å². The molecule has 2 heterocycles. The Kier molecular flexibility index (Phi) is 6.46. The van der Waals surface area contributed by atoms with Crippen LogP contribution in [0.1, 0.15) is 35.7 Å². The third-order valence-electron chi connectivity index (χ3n) is 5.87. The van der Waals surface area contributed by atoms with Gasteiger partial charge >= 0.3 is 0 Å². The Balaban J connectivity index is 1.45.